The van der Waals surface area contributed by atoms with Gasteiger partial charge in [-0.25, -0.2) is 0 Å². The number of piperidine rings is 1. The fourth-order valence-corrected chi connectivity index (χ4v) is 2.90. The summed E-state index contributed by atoms with van der Waals surface area (Å²) in [5.41, 5.74) is 0. The SMILES string of the molecule is CCCCC(CC)C[C@H]1NC[C@@H](O)[C@@H](O)[C@H]1CO. The van der Waals surface area contributed by atoms with Crippen LogP contribution in [0.1, 0.15) is 46.0 Å². The summed E-state index contributed by atoms with van der Waals surface area (Å²) in [5, 5.41) is 32.2. The molecule has 4 nitrogen and oxygen atoms in total. The van der Waals surface area contributed by atoms with Crippen LogP contribution >= 0.6 is 0 Å². The Labute approximate surface area is 110 Å². The molecule has 0 amide bonds. The quantitative estimate of drug-likeness (QED) is 0.548. The van der Waals surface area contributed by atoms with E-state index in [2.05, 4.69) is 19.2 Å². The summed E-state index contributed by atoms with van der Waals surface area (Å²) in [6.07, 6.45) is 4.21. The summed E-state index contributed by atoms with van der Waals surface area (Å²) in [6.45, 7) is 4.75. The molecule has 1 saturated heterocycles. The zero-order valence-corrected chi connectivity index (χ0v) is 11.7. The summed E-state index contributed by atoms with van der Waals surface area (Å²) in [7, 11) is 0. The van der Waals surface area contributed by atoms with Crippen LogP contribution in [0.15, 0.2) is 0 Å². The van der Waals surface area contributed by atoms with Crippen molar-refractivity contribution in [2.24, 2.45) is 11.8 Å². The van der Waals surface area contributed by atoms with Gasteiger partial charge in [-0.3, -0.25) is 0 Å². The maximum Gasteiger partial charge on any atom is 0.0927 e. The van der Waals surface area contributed by atoms with Gasteiger partial charge in [0.25, 0.3) is 0 Å². The van der Waals surface area contributed by atoms with E-state index in [-0.39, 0.29) is 18.6 Å². The van der Waals surface area contributed by atoms with Crippen molar-refractivity contribution in [3.63, 3.8) is 0 Å². The molecular formula is C14H29NO3. The van der Waals surface area contributed by atoms with Crippen molar-refractivity contribution < 1.29 is 15.3 Å². The normalized spacial score (nSPS) is 34.5. The van der Waals surface area contributed by atoms with Crippen LogP contribution in [0, 0.1) is 11.8 Å². The van der Waals surface area contributed by atoms with Crippen LogP contribution in [0.3, 0.4) is 0 Å². The average molecular weight is 259 g/mol. The number of aliphatic hydroxyl groups excluding tert-OH is 3. The molecule has 1 heterocycles. The fraction of sp³-hybridized carbons (Fsp3) is 1.00. The van der Waals surface area contributed by atoms with E-state index in [0.717, 1.165) is 12.8 Å². The molecule has 18 heavy (non-hydrogen) atoms. The molecular weight excluding hydrogens is 230 g/mol. The van der Waals surface area contributed by atoms with Crippen LogP contribution in [-0.4, -0.2) is 46.7 Å². The van der Waals surface area contributed by atoms with E-state index in [4.69, 9.17) is 0 Å². The Hall–Kier alpha value is -0.160. The molecule has 0 saturated carbocycles. The molecule has 1 unspecified atom stereocenters. The third kappa shape index (κ3) is 4.19. The molecule has 0 aromatic rings. The highest BCUT2D eigenvalue weighted by Crippen LogP contribution is 2.26. The number of hydrogen-bond donors (Lipinski definition) is 4. The highest BCUT2D eigenvalue weighted by Gasteiger charge is 2.37. The van der Waals surface area contributed by atoms with Gasteiger partial charge in [0.2, 0.25) is 0 Å². The molecule has 5 atom stereocenters. The van der Waals surface area contributed by atoms with Crippen LogP contribution < -0.4 is 5.32 Å². The van der Waals surface area contributed by atoms with E-state index in [9.17, 15) is 15.3 Å². The third-order valence-electron chi connectivity index (χ3n) is 4.28. The Balaban J connectivity index is 2.52. The predicted octanol–water partition coefficient (Wildman–Crippen LogP) is 0.895. The Kier molecular flexibility index (Phi) is 7.15. The summed E-state index contributed by atoms with van der Waals surface area (Å²) >= 11 is 0. The average Bonchev–Trinajstić information content (AvgIpc) is 2.38. The van der Waals surface area contributed by atoms with Gasteiger partial charge in [0.15, 0.2) is 0 Å². The molecule has 0 spiro atoms. The van der Waals surface area contributed by atoms with Crippen molar-refractivity contribution in [2.45, 2.75) is 64.2 Å². The lowest BCUT2D eigenvalue weighted by atomic mass is 9.80. The molecule has 0 radical (unpaired) electrons. The summed E-state index contributed by atoms with van der Waals surface area (Å²) < 4.78 is 0. The first-order chi connectivity index (χ1) is 8.63. The van der Waals surface area contributed by atoms with Crippen LogP contribution in [0.2, 0.25) is 0 Å². The molecule has 1 aliphatic heterocycles. The second-order valence-corrected chi connectivity index (χ2v) is 5.57. The number of rotatable bonds is 7. The molecule has 0 bridgehead atoms. The molecule has 1 rings (SSSR count). The Bertz CT molecular complexity index is 225. The van der Waals surface area contributed by atoms with Gasteiger partial charge in [-0.2, -0.15) is 0 Å². The Morgan fingerprint density at radius 1 is 1.28 bits per heavy atom. The summed E-state index contributed by atoms with van der Waals surface area (Å²) in [5.74, 6) is 0.392. The van der Waals surface area contributed by atoms with E-state index in [1.54, 1.807) is 0 Å². The van der Waals surface area contributed by atoms with Crippen molar-refractivity contribution in [1.82, 2.24) is 5.32 Å². The van der Waals surface area contributed by atoms with Crippen LogP contribution in [0.25, 0.3) is 0 Å². The minimum Gasteiger partial charge on any atom is -0.396 e. The van der Waals surface area contributed by atoms with E-state index in [1.165, 1.54) is 19.3 Å². The molecule has 1 fully saturated rings. The van der Waals surface area contributed by atoms with E-state index >= 15 is 0 Å². The molecule has 0 aromatic carbocycles. The van der Waals surface area contributed by atoms with Gasteiger partial charge >= 0.3 is 0 Å². The standard InChI is InChI=1S/C14H29NO3/c1-3-5-6-10(4-2)7-12-11(9-16)14(18)13(17)8-15-12/h10-18H,3-9H2,1-2H3/t10?,11-,12+,13+,14-/m0/s1. The zero-order chi connectivity index (χ0) is 13.5. The monoisotopic (exact) mass is 259 g/mol. The lowest BCUT2D eigenvalue weighted by Crippen LogP contribution is -2.57. The highest BCUT2D eigenvalue weighted by molar-refractivity contribution is 4.92. The zero-order valence-electron chi connectivity index (χ0n) is 11.7. The van der Waals surface area contributed by atoms with E-state index in [1.807, 2.05) is 0 Å². The topological polar surface area (TPSA) is 72.7 Å². The largest absolute Gasteiger partial charge is 0.396 e. The van der Waals surface area contributed by atoms with Gasteiger partial charge in [0.1, 0.15) is 0 Å². The maximum atomic E-state index is 9.92. The minimum atomic E-state index is -0.801. The van der Waals surface area contributed by atoms with Crippen LogP contribution in [0.4, 0.5) is 0 Å². The summed E-state index contributed by atoms with van der Waals surface area (Å²) in [4.78, 5) is 0. The lowest BCUT2D eigenvalue weighted by molar-refractivity contribution is -0.0699. The fourth-order valence-electron chi connectivity index (χ4n) is 2.90. The van der Waals surface area contributed by atoms with Crippen molar-refractivity contribution in [1.29, 1.82) is 0 Å². The molecule has 0 aliphatic carbocycles. The molecule has 0 aromatic heterocycles. The number of nitrogens with one attached hydrogen (secondary N) is 1. The highest BCUT2D eigenvalue weighted by atomic mass is 16.3. The predicted molar refractivity (Wildman–Crippen MR) is 72.3 cm³/mol. The van der Waals surface area contributed by atoms with Gasteiger partial charge in [-0.05, 0) is 12.3 Å². The van der Waals surface area contributed by atoms with Gasteiger partial charge in [0.05, 0.1) is 12.2 Å². The molecule has 4 N–H and O–H groups in total. The van der Waals surface area contributed by atoms with E-state index in [0.29, 0.717) is 12.5 Å². The van der Waals surface area contributed by atoms with Gasteiger partial charge in [-0.1, -0.05) is 39.5 Å². The molecule has 1 aliphatic rings. The number of aliphatic hydroxyl groups is 3. The molecule has 4 heteroatoms. The first-order valence-corrected chi connectivity index (χ1v) is 7.34. The van der Waals surface area contributed by atoms with Crippen molar-refractivity contribution in [2.75, 3.05) is 13.2 Å². The second kappa shape index (κ2) is 8.10. The van der Waals surface area contributed by atoms with E-state index < -0.39 is 12.2 Å². The summed E-state index contributed by atoms with van der Waals surface area (Å²) in [6, 6.07) is 0.121. The van der Waals surface area contributed by atoms with Crippen LogP contribution in [0.5, 0.6) is 0 Å². The smallest absolute Gasteiger partial charge is 0.0927 e. The first kappa shape index (κ1) is 15.9. The molecule has 108 valence electrons. The minimum absolute atomic E-state index is 0.0693. The first-order valence-electron chi connectivity index (χ1n) is 7.34. The van der Waals surface area contributed by atoms with Crippen LogP contribution in [-0.2, 0) is 0 Å². The second-order valence-electron chi connectivity index (χ2n) is 5.57. The van der Waals surface area contributed by atoms with Crippen molar-refractivity contribution in [3.05, 3.63) is 0 Å². The van der Waals surface area contributed by atoms with Gasteiger partial charge < -0.3 is 20.6 Å². The number of β-amino-alcohol motifs (C(OH)–C–C–N with tert-alkyl or cyclic N) is 1. The van der Waals surface area contributed by atoms with Gasteiger partial charge in [0, 0.05) is 25.1 Å². The van der Waals surface area contributed by atoms with Crippen molar-refractivity contribution in [3.8, 4) is 0 Å². The Morgan fingerprint density at radius 3 is 2.56 bits per heavy atom. The maximum absolute atomic E-state index is 9.92. The van der Waals surface area contributed by atoms with Gasteiger partial charge in [-0.15, -0.1) is 0 Å². The lowest BCUT2D eigenvalue weighted by Gasteiger charge is -2.39. The number of hydrogen-bond acceptors (Lipinski definition) is 4. The Morgan fingerprint density at radius 2 is 2.00 bits per heavy atom. The van der Waals surface area contributed by atoms with Crippen molar-refractivity contribution >= 4 is 0 Å². The third-order valence-corrected chi connectivity index (χ3v) is 4.28. The number of unbranched alkanes of at least 4 members (excludes halogenated alkanes) is 1.